The fourth-order valence-corrected chi connectivity index (χ4v) is 2.94. The molecule has 0 spiro atoms. The van der Waals surface area contributed by atoms with Crippen LogP contribution in [0.25, 0.3) is 0 Å². The molecule has 2 unspecified atom stereocenters. The van der Waals surface area contributed by atoms with Crippen LogP contribution in [0, 0.1) is 18.8 Å². The molecule has 2 saturated heterocycles. The molecule has 2 atom stereocenters. The van der Waals surface area contributed by atoms with Crippen molar-refractivity contribution < 1.29 is 0 Å². The number of hydrogen-bond donors (Lipinski definition) is 1. The van der Waals surface area contributed by atoms with Gasteiger partial charge in [-0.15, -0.1) is 0 Å². The van der Waals surface area contributed by atoms with Gasteiger partial charge in [0.25, 0.3) is 0 Å². The van der Waals surface area contributed by atoms with Gasteiger partial charge >= 0.3 is 0 Å². The van der Waals surface area contributed by atoms with Crippen molar-refractivity contribution in [1.82, 2.24) is 15.3 Å². The molecule has 86 valence electrons. The van der Waals surface area contributed by atoms with Crippen LogP contribution in [0.2, 0.25) is 0 Å². The van der Waals surface area contributed by atoms with Crippen LogP contribution in [0.15, 0.2) is 12.4 Å². The van der Waals surface area contributed by atoms with E-state index in [1.54, 1.807) is 12.4 Å². The molecule has 2 fully saturated rings. The molecule has 0 amide bonds. The van der Waals surface area contributed by atoms with Gasteiger partial charge in [0, 0.05) is 25.5 Å². The van der Waals surface area contributed by atoms with Crippen LogP contribution >= 0.6 is 0 Å². The number of hydrogen-bond acceptors (Lipinski definition) is 4. The highest BCUT2D eigenvalue weighted by atomic mass is 15.2. The van der Waals surface area contributed by atoms with Crippen LogP contribution in [0.5, 0.6) is 0 Å². The lowest BCUT2D eigenvalue weighted by molar-refractivity contribution is 0.347. The topological polar surface area (TPSA) is 41.1 Å². The number of fused-ring (bicyclic) bond motifs is 1. The lowest BCUT2D eigenvalue weighted by Crippen LogP contribution is -2.40. The number of piperidine rings is 1. The fraction of sp³-hybridized carbons (Fsp3) is 0.667. The summed E-state index contributed by atoms with van der Waals surface area (Å²) in [6, 6.07) is 0. The van der Waals surface area contributed by atoms with Crippen molar-refractivity contribution in [3.8, 4) is 0 Å². The summed E-state index contributed by atoms with van der Waals surface area (Å²) >= 11 is 0. The Balaban J connectivity index is 1.79. The van der Waals surface area contributed by atoms with Gasteiger partial charge in [-0.1, -0.05) is 0 Å². The molecule has 3 rings (SSSR count). The first-order valence-corrected chi connectivity index (χ1v) is 6.08. The van der Waals surface area contributed by atoms with Gasteiger partial charge in [-0.3, -0.25) is 4.98 Å². The van der Waals surface area contributed by atoms with E-state index in [1.807, 2.05) is 6.92 Å². The van der Waals surface area contributed by atoms with Crippen LogP contribution in [0.4, 0.5) is 5.82 Å². The summed E-state index contributed by atoms with van der Waals surface area (Å²) in [5.74, 6) is 2.76. The number of anilines is 1. The third kappa shape index (κ3) is 1.67. The molecule has 0 bridgehead atoms. The normalized spacial score (nSPS) is 29.2. The summed E-state index contributed by atoms with van der Waals surface area (Å²) in [6.45, 7) is 6.68. The van der Waals surface area contributed by atoms with Gasteiger partial charge in [0.05, 0.1) is 5.69 Å². The summed E-state index contributed by atoms with van der Waals surface area (Å²) < 4.78 is 0. The first-order valence-electron chi connectivity index (χ1n) is 6.08. The molecule has 1 aromatic heterocycles. The second kappa shape index (κ2) is 4.01. The Morgan fingerprint density at radius 2 is 2.06 bits per heavy atom. The van der Waals surface area contributed by atoms with Crippen LogP contribution in [-0.2, 0) is 0 Å². The van der Waals surface area contributed by atoms with Gasteiger partial charge in [-0.2, -0.15) is 0 Å². The van der Waals surface area contributed by atoms with Gasteiger partial charge in [-0.25, -0.2) is 4.98 Å². The maximum Gasteiger partial charge on any atom is 0.150 e. The molecule has 0 saturated carbocycles. The van der Waals surface area contributed by atoms with Crippen LogP contribution < -0.4 is 10.2 Å². The zero-order chi connectivity index (χ0) is 11.0. The van der Waals surface area contributed by atoms with Crippen molar-refractivity contribution in [2.24, 2.45) is 11.8 Å². The van der Waals surface area contributed by atoms with E-state index in [-0.39, 0.29) is 0 Å². The third-order valence-electron chi connectivity index (χ3n) is 3.86. The Kier molecular flexibility index (Phi) is 2.52. The summed E-state index contributed by atoms with van der Waals surface area (Å²) in [5, 5.41) is 3.49. The highest BCUT2D eigenvalue weighted by Crippen LogP contribution is 2.29. The SMILES string of the molecule is Cc1nccnc1N1CCC2CNCC2C1. The second-order valence-electron chi connectivity index (χ2n) is 4.88. The van der Waals surface area contributed by atoms with E-state index in [0.717, 1.165) is 36.4 Å². The number of aryl methyl sites for hydroxylation is 1. The highest BCUT2D eigenvalue weighted by Gasteiger charge is 2.33. The van der Waals surface area contributed by atoms with Crippen molar-refractivity contribution in [3.05, 3.63) is 18.1 Å². The lowest BCUT2D eigenvalue weighted by Gasteiger charge is -2.35. The average molecular weight is 218 g/mol. The number of nitrogens with zero attached hydrogens (tertiary/aromatic N) is 3. The van der Waals surface area contributed by atoms with Crippen molar-refractivity contribution in [2.75, 3.05) is 31.1 Å². The number of nitrogens with one attached hydrogen (secondary N) is 1. The van der Waals surface area contributed by atoms with E-state index in [1.165, 1.54) is 19.5 Å². The van der Waals surface area contributed by atoms with Gasteiger partial charge in [-0.05, 0) is 38.3 Å². The molecule has 4 nitrogen and oxygen atoms in total. The highest BCUT2D eigenvalue weighted by molar-refractivity contribution is 5.42. The summed E-state index contributed by atoms with van der Waals surface area (Å²) in [7, 11) is 0. The van der Waals surface area contributed by atoms with Gasteiger partial charge in [0.2, 0.25) is 0 Å². The van der Waals surface area contributed by atoms with E-state index in [9.17, 15) is 0 Å². The summed E-state index contributed by atoms with van der Waals surface area (Å²) in [6.07, 6.45) is 4.84. The Bertz CT molecular complexity index is 379. The summed E-state index contributed by atoms with van der Waals surface area (Å²) in [5.41, 5.74) is 1.05. The Hall–Kier alpha value is -1.16. The fourth-order valence-electron chi connectivity index (χ4n) is 2.94. The van der Waals surface area contributed by atoms with Crippen molar-refractivity contribution >= 4 is 5.82 Å². The van der Waals surface area contributed by atoms with Gasteiger partial charge in [0.1, 0.15) is 5.82 Å². The molecule has 1 aromatic rings. The van der Waals surface area contributed by atoms with Crippen LogP contribution in [0.3, 0.4) is 0 Å². The molecule has 2 aliphatic rings. The second-order valence-corrected chi connectivity index (χ2v) is 4.88. The third-order valence-corrected chi connectivity index (χ3v) is 3.86. The molecule has 3 heterocycles. The molecule has 1 N–H and O–H groups in total. The van der Waals surface area contributed by atoms with Crippen molar-refractivity contribution in [3.63, 3.8) is 0 Å². The van der Waals surface area contributed by atoms with E-state index >= 15 is 0 Å². The quantitative estimate of drug-likeness (QED) is 0.758. The maximum atomic E-state index is 4.46. The predicted octanol–water partition coefficient (Wildman–Crippen LogP) is 0.831. The molecule has 0 aromatic carbocycles. The largest absolute Gasteiger partial charge is 0.355 e. The smallest absolute Gasteiger partial charge is 0.150 e. The van der Waals surface area contributed by atoms with Crippen LogP contribution in [-0.4, -0.2) is 36.1 Å². The predicted molar refractivity (Wildman–Crippen MR) is 63.4 cm³/mol. The monoisotopic (exact) mass is 218 g/mol. The van der Waals surface area contributed by atoms with Gasteiger partial charge in [0.15, 0.2) is 0 Å². The Morgan fingerprint density at radius 1 is 1.25 bits per heavy atom. The zero-order valence-electron chi connectivity index (χ0n) is 9.69. The lowest BCUT2D eigenvalue weighted by atomic mass is 9.89. The van der Waals surface area contributed by atoms with E-state index in [4.69, 9.17) is 0 Å². The minimum absolute atomic E-state index is 0.801. The minimum atomic E-state index is 0.801. The van der Waals surface area contributed by atoms with Crippen molar-refractivity contribution in [1.29, 1.82) is 0 Å². The molecular weight excluding hydrogens is 200 g/mol. The van der Waals surface area contributed by atoms with E-state index in [2.05, 4.69) is 20.2 Å². The zero-order valence-corrected chi connectivity index (χ0v) is 9.69. The average Bonchev–Trinajstić information content (AvgIpc) is 2.76. The van der Waals surface area contributed by atoms with E-state index < -0.39 is 0 Å². The first-order chi connectivity index (χ1) is 7.84. The molecule has 16 heavy (non-hydrogen) atoms. The summed E-state index contributed by atoms with van der Waals surface area (Å²) in [4.78, 5) is 11.2. The Morgan fingerprint density at radius 3 is 2.94 bits per heavy atom. The maximum absolute atomic E-state index is 4.46. The van der Waals surface area contributed by atoms with Crippen molar-refractivity contribution in [2.45, 2.75) is 13.3 Å². The first kappa shape index (κ1) is 10.0. The molecule has 0 aliphatic carbocycles. The number of rotatable bonds is 1. The molecule has 2 aliphatic heterocycles. The van der Waals surface area contributed by atoms with Crippen LogP contribution in [0.1, 0.15) is 12.1 Å². The van der Waals surface area contributed by atoms with Gasteiger partial charge < -0.3 is 10.2 Å². The Labute approximate surface area is 96.1 Å². The molecule has 0 radical (unpaired) electrons. The molecular formula is C12H18N4. The number of aromatic nitrogens is 2. The van der Waals surface area contributed by atoms with E-state index in [0.29, 0.717) is 0 Å². The minimum Gasteiger partial charge on any atom is -0.355 e. The standard InChI is InChI=1S/C12H18N4/c1-9-12(15-4-3-14-9)16-5-2-10-6-13-7-11(10)8-16/h3-4,10-11,13H,2,5-8H2,1H3. The molecule has 4 heteroatoms.